The SMILES string of the molecule is CCc1ccccc1NC(=O)CNC(=O)COC(=O)CCOc1ccccc1. The van der Waals surface area contributed by atoms with Gasteiger partial charge >= 0.3 is 5.97 Å². The van der Waals surface area contributed by atoms with Crippen molar-refractivity contribution in [2.75, 3.05) is 25.1 Å². The van der Waals surface area contributed by atoms with Crippen LogP contribution in [0.15, 0.2) is 54.6 Å². The number of aryl methyl sites for hydroxylation is 1. The number of benzene rings is 2. The first-order valence-electron chi connectivity index (χ1n) is 9.06. The minimum Gasteiger partial charge on any atom is -0.493 e. The van der Waals surface area contributed by atoms with Crippen molar-refractivity contribution in [2.45, 2.75) is 19.8 Å². The van der Waals surface area contributed by atoms with Crippen LogP contribution in [0.3, 0.4) is 0 Å². The molecule has 2 aromatic rings. The number of carbonyl (C=O) groups excluding carboxylic acids is 3. The third-order valence-electron chi connectivity index (χ3n) is 3.80. The van der Waals surface area contributed by atoms with Crippen molar-refractivity contribution in [3.8, 4) is 5.75 Å². The van der Waals surface area contributed by atoms with Crippen LogP contribution in [0.2, 0.25) is 0 Å². The van der Waals surface area contributed by atoms with E-state index in [0.717, 1.165) is 12.0 Å². The fourth-order valence-corrected chi connectivity index (χ4v) is 2.36. The lowest BCUT2D eigenvalue weighted by Gasteiger charge is -2.10. The summed E-state index contributed by atoms with van der Waals surface area (Å²) in [6, 6.07) is 16.5. The van der Waals surface area contributed by atoms with Crippen molar-refractivity contribution >= 4 is 23.5 Å². The number of esters is 1. The number of hydrogen-bond acceptors (Lipinski definition) is 5. The summed E-state index contributed by atoms with van der Waals surface area (Å²) < 4.78 is 10.2. The number of hydrogen-bond donors (Lipinski definition) is 2. The second-order valence-corrected chi connectivity index (χ2v) is 5.91. The van der Waals surface area contributed by atoms with E-state index in [-0.39, 0.29) is 25.5 Å². The summed E-state index contributed by atoms with van der Waals surface area (Å²) in [5.74, 6) is -0.788. The van der Waals surface area contributed by atoms with Gasteiger partial charge < -0.3 is 20.1 Å². The maximum atomic E-state index is 11.9. The van der Waals surface area contributed by atoms with Crippen LogP contribution in [0.4, 0.5) is 5.69 Å². The second-order valence-electron chi connectivity index (χ2n) is 5.91. The highest BCUT2D eigenvalue weighted by Gasteiger charge is 2.10. The number of para-hydroxylation sites is 2. The Morgan fingerprint density at radius 2 is 1.64 bits per heavy atom. The van der Waals surface area contributed by atoms with E-state index in [1.54, 1.807) is 18.2 Å². The molecule has 2 amide bonds. The largest absolute Gasteiger partial charge is 0.493 e. The normalized spacial score (nSPS) is 10.0. The van der Waals surface area contributed by atoms with Crippen LogP contribution in [0.1, 0.15) is 18.9 Å². The first kappa shape index (κ1) is 21.0. The van der Waals surface area contributed by atoms with Crippen LogP contribution in [0, 0.1) is 0 Å². The van der Waals surface area contributed by atoms with Gasteiger partial charge in [0.1, 0.15) is 5.75 Å². The molecule has 2 aromatic carbocycles. The Balaban J connectivity index is 1.61. The van der Waals surface area contributed by atoms with Crippen molar-refractivity contribution in [2.24, 2.45) is 0 Å². The van der Waals surface area contributed by atoms with E-state index in [9.17, 15) is 14.4 Å². The van der Waals surface area contributed by atoms with Gasteiger partial charge in [0.05, 0.1) is 19.6 Å². The van der Waals surface area contributed by atoms with Crippen LogP contribution in [-0.4, -0.2) is 37.5 Å². The van der Waals surface area contributed by atoms with Crippen LogP contribution in [0.25, 0.3) is 0 Å². The lowest BCUT2D eigenvalue weighted by atomic mass is 10.1. The standard InChI is InChI=1S/C21H24N2O5/c1-2-16-8-6-7-11-18(16)23-19(24)14-22-20(25)15-28-21(26)12-13-27-17-9-4-3-5-10-17/h3-11H,2,12-15H2,1H3,(H,22,25)(H,23,24). The van der Waals surface area contributed by atoms with E-state index >= 15 is 0 Å². The van der Waals surface area contributed by atoms with Gasteiger partial charge in [0, 0.05) is 5.69 Å². The minimum absolute atomic E-state index is 0.0243. The summed E-state index contributed by atoms with van der Waals surface area (Å²) in [6.07, 6.45) is 0.809. The Bertz CT molecular complexity index is 792. The van der Waals surface area contributed by atoms with E-state index in [1.807, 2.05) is 43.3 Å². The Morgan fingerprint density at radius 1 is 0.929 bits per heavy atom. The van der Waals surface area contributed by atoms with E-state index < -0.39 is 18.5 Å². The first-order valence-corrected chi connectivity index (χ1v) is 9.06. The molecule has 0 heterocycles. The van der Waals surface area contributed by atoms with Gasteiger partial charge in [0.2, 0.25) is 5.91 Å². The molecular weight excluding hydrogens is 360 g/mol. The molecule has 0 fully saturated rings. The fraction of sp³-hybridized carbons (Fsp3) is 0.286. The Morgan fingerprint density at radius 3 is 2.39 bits per heavy atom. The molecule has 7 heteroatoms. The average molecular weight is 384 g/mol. The molecule has 0 saturated carbocycles. The Labute approximate surface area is 164 Å². The molecule has 148 valence electrons. The molecule has 2 N–H and O–H groups in total. The van der Waals surface area contributed by atoms with Gasteiger partial charge in [-0.05, 0) is 30.2 Å². The van der Waals surface area contributed by atoms with Crippen LogP contribution in [-0.2, 0) is 25.5 Å². The Hall–Kier alpha value is -3.35. The van der Waals surface area contributed by atoms with E-state index in [4.69, 9.17) is 9.47 Å². The molecule has 28 heavy (non-hydrogen) atoms. The Kier molecular flexibility index (Phi) is 8.52. The number of anilines is 1. The average Bonchev–Trinajstić information content (AvgIpc) is 2.72. The summed E-state index contributed by atoms with van der Waals surface area (Å²) in [5.41, 5.74) is 1.72. The predicted octanol–water partition coefficient (Wildman–Crippen LogP) is 2.32. The summed E-state index contributed by atoms with van der Waals surface area (Å²) >= 11 is 0. The lowest BCUT2D eigenvalue weighted by Crippen LogP contribution is -2.35. The summed E-state index contributed by atoms with van der Waals surface area (Å²) in [6.45, 7) is 1.50. The third kappa shape index (κ3) is 7.49. The first-order chi connectivity index (χ1) is 13.6. The highest BCUT2D eigenvalue weighted by molar-refractivity contribution is 5.95. The molecule has 0 atom stereocenters. The van der Waals surface area contributed by atoms with Crippen molar-refractivity contribution < 1.29 is 23.9 Å². The third-order valence-corrected chi connectivity index (χ3v) is 3.80. The van der Waals surface area contributed by atoms with Crippen molar-refractivity contribution in [1.29, 1.82) is 0 Å². The molecule has 2 rings (SSSR count). The number of carbonyl (C=O) groups is 3. The lowest BCUT2D eigenvalue weighted by molar-refractivity contribution is -0.149. The molecule has 0 aliphatic heterocycles. The molecule has 0 saturated heterocycles. The van der Waals surface area contributed by atoms with E-state index in [2.05, 4.69) is 10.6 Å². The maximum absolute atomic E-state index is 11.9. The van der Waals surface area contributed by atoms with Gasteiger partial charge in [-0.15, -0.1) is 0 Å². The monoisotopic (exact) mass is 384 g/mol. The van der Waals surface area contributed by atoms with Gasteiger partial charge in [-0.1, -0.05) is 43.3 Å². The molecule has 0 aromatic heterocycles. The van der Waals surface area contributed by atoms with Crippen LogP contribution in [0.5, 0.6) is 5.75 Å². The van der Waals surface area contributed by atoms with Gasteiger partial charge in [-0.3, -0.25) is 14.4 Å². The van der Waals surface area contributed by atoms with Gasteiger partial charge in [0.25, 0.3) is 5.91 Å². The molecule has 0 spiro atoms. The molecular formula is C21H24N2O5. The van der Waals surface area contributed by atoms with Gasteiger partial charge in [-0.25, -0.2) is 0 Å². The van der Waals surface area contributed by atoms with Crippen molar-refractivity contribution in [3.05, 3.63) is 60.2 Å². The molecule has 0 aliphatic carbocycles. The van der Waals surface area contributed by atoms with E-state index in [0.29, 0.717) is 11.4 Å². The predicted molar refractivity (Wildman–Crippen MR) is 105 cm³/mol. The fourth-order valence-electron chi connectivity index (χ4n) is 2.36. The molecule has 0 unspecified atom stereocenters. The molecule has 0 radical (unpaired) electrons. The van der Waals surface area contributed by atoms with Crippen molar-refractivity contribution in [3.63, 3.8) is 0 Å². The molecule has 0 aliphatic rings. The molecule has 7 nitrogen and oxygen atoms in total. The zero-order chi connectivity index (χ0) is 20.2. The summed E-state index contributed by atoms with van der Waals surface area (Å²) in [7, 11) is 0. The quantitative estimate of drug-likeness (QED) is 0.613. The number of nitrogens with one attached hydrogen (secondary N) is 2. The van der Waals surface area contributed by atoms with Crippen LogP contribution >= 0.6 is 0 Å². The zero-order valence-electron chi connectivity index (χ0n) is 15.8. The minimum atomic E-state index is -0.549. The smallest absolute Gasteiger partial charge is 0.309 e. The highest BCUT2D eigenvalue weighted by atomic mass is 16.5. The van der Waals surface area contributed by atoms with E-state index in [1.165, 1.54) is 0 Å². The zero-order valence-corrected chi connectivity index (χ0v) is 15.8. The number of ether oxygens (including phenoxy) is 2. The summed E-state index contributed by atoms with van der Waals surface area (Å²) in [5, 5.41) is 5.17. The maximum Gasteiger partial charge on any atom is 0.309 e. The summed E-state index contributed by atoms with van der Waals surface area (Å²) in [4.78, 5) is 35.3. The topological polar surface area (TPSA) is 93.7 Å². The van der Waals surface area contributed by atoms with Crippen LogP contribution < -0.4 is 15.4 Å². The number of rotatable bonds is 10. The molecule has 0 bridgehead atoms. The highest BCUT2D eigenvalue weighted by Crippen LogP contribution is 2.14. The second kappa shape index (κ2) is 11.4. The van der Waals surface area contributed by atoms with Gasteiger partial charge in [-0.2, -0.15) is 0 Å². The van der Waals surface area contributed by atoms with Gasteiger partial charge in [0.15, 0.2) is 6.61 Å². The number of amides is 2. The van der Waals surface area contributed by atoms with Crippen molar-refractivity contribution in [1.82, 2.24) is 5.32 Å².